The molecule has 1 aliphatic rings. The minimum absolute atomic E-state index is 0.402. The van der Waals surface area contributed by atoms with Crippen molar-refractivity contribution in [3.05, 3.63) is 16.1 Å². The number of ketones is 1. The van der Waals surface area contributed by atoms with Crippen LogP contribution in [-0.2, 0) is 17.8 Å². The maximum atomic E-state index is 11.1. The fourth-order valence-corrected chi connectivity index (χ4v) is 2.51. The van der Waals surface area contributed by atoms with Gasteiger partial charge >= 0.3 is 0 Å². The zero-order valence-electron chi connectivity index (χ0n) is 9.03. The maximum absolute atomic E-state index is 11.1. The summed E-state index contributed by atoms with van der Waals surface area (Å²) in [5, 5.41) is 3.34. The van der Waals surface area contributed by atoms with Crippen molar-refractivity contribution in [1.82, 2.24) is 9.88 Å². The van der Waals surface area contributed by atoms with E-state index < -0.39 is 0 Å². The molecule has 0 unspecified atom stereocenters. The van der Waals surface area contributed by atoms with Crippen molar-refractivity contribution in [3.63, 3.8) is 0 Å². The van der Waals surface area contributed by atoms with Gasteiger partial charge in [-0.25, -0.2) is 4.98 Å². The Morgan fingerprint density at radius 3 is 2.80 bits per heavy atom. The molecule has 0 atom stereocenters. The van der Waals surface area contributed by atoms with Crippen LogP contribution >= 0.6 is 11.3 Å². The van der Waals surface area contributed by atoms with Crippen LogP contribution in [0, 0.1) is 0 Å². The molecule has 2 heterocycles. The quantitative estimate of drug-likeness (QED) is 0.786. The monoisotopic (exact) mass is 224 g/mol. The second kappa shape index (κ2) is 4.86. The number of hydrogen-bond acceptors (Lipinski definition) is 4. The lowest BCUT2D eigenvalue weighted by molar-refractivity contribution is -0.121. The summed E-state index contributed by atoms with van der Waals surface area (Å²) < 4.78 is 0. The number of aromatic nitrogens is 1. The molecule has 4 heteroatoms. The first-order valence-corrected chi connectivity index (χ1v) is 6.33. The molecule has 0 saturated carbocycles. The summed E-state index contributed by atoms with van der Waals surface area (Å²) in [5.74, 6) is 0.402. The second-order valence-electron chi connectivity index (χ2n) is 3.90. The topological polar surface area (TPSA) is 33.2 Å². The molecule has 0 amide bonds. The highest BCUT2D eigenvalue weighted by atomic mass is 32.1. The van der Waals surface area contributed by atoms with Crippen LogP contribution < -0.4 is 0 Å². The van der Waals surface area contributed by atoms with Gasteiger partial charge in [0, 0.05) is 37.9 Å². The number of thiazole rings is 1. The van der Waals surface area contributed by atoms with Crippen LogP contribution in [0.5, 0.6) is 0 Å². The van der Waals surface area contributed by atoms with Crippen LogP contribution in [-0.4, -0.2) is 28.8 Å². The maximum Gasteiger partial charge on any atom is 0.135 e. The summed E-state index contributed by atoms with van der Waals surface area (Å²) in [6.45, 7) is 4.83. The lowest BCUT2D eigenvalue weighted by Gasteiger charge is -2.24. The number of nitrogens with zero attached hydrogens (tertiary/aromatic N) is 2. The number of Topliss-reactive ketones (excluding diaryl/α,β-unsaturated/α-hetero) is 1. The fraction of sp³-hybridized carbons (Fsp3) is 0.636. The number of rotatable bonds is 3. The van der Waals surface area contributed by atoms with E-state index in [9.17, 15) is 4.79 Å². The van der Waals surface area contributed by atoms with Crippen molar-refractivity contribution >= 4 is 17.1 Å². The first-order chi connectivity index (χ1) is 7.28. The number of carbonyl (C=O) groups excluding carboxylic acids is 1. The molecule has 0 aliphatic carbocycles. The van der Waals surface area contributed by atoms with Crippen molar-refractivity contribution in [2.75, 3.05) is 13.1 Å². The fourth-order valence-electron chi connectivity index (χ4n) is 1.77. The van der Waals surface area contributed by atoms with Gasteiger partial charge in [-0.15, -0.1) is 11.3 Å². The third kappa shape index (κ3) is 2.86. The van der Waals surface area contributed by atoms with Crippen molar-refractivity contribution in [2.45, 2.75) is 32.7 Å². The van der Waals surface area contributed by atoms with Crippen LogP contribution in [0.2, 0.25) is 0 Å². The zero-order valence-corrected chi connectivity index (χ0v) is 9.85. The van der Waals surface area contributed by atoms with E-state index in [0.717, 1.165) is 31.7 Å². The van der Waals surface area contributed by atoms with Gasteiger partial charge < -0.3 is 0 Å². The van der Waals surface area contributed by atoms with Gasteiger partial charge in [-0.3, -0.25) is 9.69 Å². The Kier molecular flexibility index (Phi) is 3.49. The third-order valence-corrected chi connectivity index (χ3v) is 3.74. The normalized spacial score (nSPS) is 18.3. The van der Waals surface area contributed by atoms with Gasteiger partial charge in [0.2, 0.25) is 0 Å². The highest BCUT2D eigenvalue weighted by Crippen LogP contribution is 2.14. The molecule has 0 bridgehead atoms. The average Bonchev–Trinajstić information content (AvgIpc) is 2.69. The zero-order chi connectivity index (χ0) is 10.7. The minimum Gasteiger partial charge on any atom is -0.300 e. The standard InChI is InChI=1S/C11H16N2OS/c1-2-11-12-9(8-15-11)7-13-5-3-10(14)4-6-13/h8H,2-7H2,1H3. The number of carbonyl (C=O) groups is 1. The summed E-state index contributed by atoms with van der Waals surface area (Å²) in [4.78, 5) is 17.9. The van der Waals surface area contributed by atoms with E-state index in [-0.39, 0.29) is 0 Å². The third-order valence-electron chi connectivity index (χ3n) is 2.70. The molecule has 15 heavy (non-hydrogen) atoms. The van der Waals surface area contributed by atoms with Crippen molar-refractivity contribution in [3.8, 4) is 0 Å². The highest BCUT2D eigenvalue weighted by molar-refractivity contribution is 7.09. The molecule has 1 aliphatic heterocycles. The Labute approximate surface area is 94.1 Å². The Bertz CT molecular complexity index is 338. The van der Waals surface area contributed by atoms with E-state index in [1.165, 1.54) is 5.01 Å². The molecule has 1 aromatic heterocycles. The van der Waals surface area contributed by atoms with E-state index in [1.54, 1.807) is 11.3 Å². The highest BCUT2D eigenvalue weighted by Gasteiger charge is 2.16. The molecular weight excluding hydrogens is 208 g/mol. The molecule has 82 valence electrons. The Morgan fingerprint density at radius 2 is 2.20 bits per heavy atom. The minimum atomic E-state index is 0.402. The van der Waals surface area contributed by atoms with E-state index in [2.05, 4.69) is 22.2 Å². The van der Waals surface area contributed by atoms with E-state index in [0.29, 0.717) is 18.6 Å². The summed E-state index contributed by atoms with van der Waals surface area (Å²) in [5.41, 5.74) is 1.16. The predicted molar refractivity (Wildman–Crippen MR) is 61.0 cm³/mol. The van der Waals surface area contributed by atoms with Gasteiger partial charge in [0.25, 0.3) is 0 Å². The number of aryl methyl sites for hydroxylation is 1. The van der Waals surface area contributed by atoms with Gasteiger partial charge in [0.05, 0.1) is 10.7 Å². The van der Waals surface area contributed by atoms with Crippen LogP contribution in [0.15, 0.2) is 5.38 Å². The molecule has 1 aromatic rings. The lowest BCUT2D eigenvalue weighted by Crippen LogP contribution is -2.33. The predicted octanol–water partition coefficient (Wildman–Crippen LogP) is 1.87. The number of piperidine rings is 1. The molecule has 1 fully saturated rings. The largest absolute Gasteiger partial charge is 0.300 e. The average molecular weight is 224 g/mol. The first kappa shape index (κ1) is 10.8. The van der Waals surface area contributed by atoms with Crippen molar-refractivity contribution < 1.29 is 4.79 Å². The van der Waals surface area contributed by atoms with E-state index in [4.69, 9.17) is 0 Å². The van der Waals surface area contributed by atoms with Crippen LogP contribution in [0.4, 0.5) is 0 Å². The number of hydrogen-bond donors (Lipinski definition) is 0. The molecular formula is C11H16N2OS. The van der Waals surface area contributed by atoms with Crippen LogP contribution in [0.1, 0.15) is 30.5 Å². The smallest absolute Gasteiger partial charge is 0.135 e. The van der Waals surface area contributed by atoms with Crippen LogP contribution in [0.3, 0.4) is 0 Å². The summed E-state index contributed by atoms with van der Waals surface area (Å²) >= 11 is 1.73. The Balaban J connectivity index is 1.88. The van der Waals surface area contributed by atoms with Crippen molar-refractivity contribution in [2.24, 2.45) is 0 Å². The van der Waals surface area contributed by atoms with E-state index in [1.807, 2.05) is 0 Å². The number of likely N-dealkylation sites (tertiary alicyclic amines) is 1. The van der Waals surface area contributed by atoms with Gasteiger partial charge in [-0.1, -0.05) is 6.92 Å². The molecule has 0 aromatic carbocycles. The Morgan fingerprint density at radius 1 is 1.47 bits per heavy atom. The Hall–Kier alpha value is -0.740. The molecule has 1 saturated heterocycles. The lowest BCUT2D eigenvalue weighted by atomic mass is 10.1. The summed E-state index contributed by atoms with van der Waals surface area (Å²) in [6, 6.07) is 0. The summed E-state index contributed by atoms with van der Waals surface area (Å²) in [7, 11) is 0. The molecule has 0 radical (unpaired) electrons. The van der Waals surface area contributed by atoms with E-state index >= 15 is 0 Å². The molecule has 0 spiro atoms. The SMILES string of the molecule is CCc1nc(CN2CCC(=O)CC2)cs1. The van der Waals surface area contributed by atoms with Crippen molar-refractivity contribution in [1.29, 1.82) is 0 Å². The van der Waals surface area contributed by atoms with Gasteiger partial charge in [0.1, 0.15) is 5.78 Å². The van der Waals surface area contributed by atoms with Gasteiger partial charge in [-0.05, 0) is 6.42 Å². The van der Waals surface area contributed by atoms with Crippen LogP contribution in [0.25, 0.3) is 0 Å². The summed E-state index contributed by atoms with van der Waals surface area (Å²) in [6.07, 6.45) is 2.44. The molecule has 2 rings (SSSR count). The van der Waals surface area contributed by atoms with Gasteiger partial charge in [0.15, 0.2) is 0 Å². The molecule has 3 nitrogen and oxygen atoms in total. The molecule has 0 N–H and O–H groups in total. The first-order valence-electron chi connectivity index (χ1n) is 5.45. The van der Waals surface area contributed by atoms with Gasteiger partial charge in [-0.2, -0.15) is 0 Å². The second-order valence-corrected chi connectivity index (χ2v) is 4.84.